The molecule has 0 atom stereocenters. The number of aromatic nitrogens is 1. The number of urea groups is 1. The van der Waals surface area contributed by atoms with Crippen molar-refractivity contribution in [2.24, 2.45) is 9.98 Å². The first-order valence-electron chi connectivity index (χ1n) is 5.30. The van der Waals surface area contributed by atoms with Crippen molar-refractivity contribution in [3.05, 3.63) is 64.6 Å². The molecule has 1 aromatic heterocycles. The van der Waals surface area contributed by atoms with Gasteiger partial charge in [-0.05, 0) is 30.3 Å². The Morgan fingerprint density at radius 1 is 1.00 bits per heavy atom. The molecule has 86 valence electrons. The predicted molar refractivity (Wildman–Crippen MR) is 61.8 cm³/mol. The van der Waals surface area contributed by atoms with E-state index in [2.05, 4.69) is 15.0 Å². The van der Waals surface area contributed by atoms with Crippen LogP contribution in [0.4, 0.5) is 4.79 Å². The molecule has 0 saturated heterocycles. The number of fused-ring (bicyclic) bond motifs is 1. The number of rotatable bonds is 2. The van der Waals surface area contributed by atoms with Gasteiger partial charge in [-0.1, -0.05) is 0 Å². The molecule has 2 heterocycles. The lowest BCUT2D eigenvalue weighted by molar-refractivity contribution is 0.103. The Balaban J connectivity index is 2.09. The van der Waals surface area contributed by atoms with Crippen LogP contribution in [0, 0.1) is 0 Å². The largest absolute Gasteiger partial charge is 0.368 e. The van der Waals surface area contributed by atoms with E-state index in [-0.39, 0.29) is 5.78 Å². The van der Waals surface area contributed by atoms with Crippen LogP contribution in [0.5, 0.6) is 0 Å². The number of hydrogen-bond acceptors (Lipinski definition) is 3. The Hall–Kier alpha value is -2.69. The molecule has 1 aliphatic rings. The van der Waals surface area contributed by atoms with Crippen molar-refractivity contribution < 1.29 is 9.59 Å². The van der Waals surface area contributed by atoms with Gasteiger partial charge in [0.2, 0.25) is 0 Å². The first kappa shape index (κ1) is 10.5. The summed E-state index contributed by atoms with van der Waals surface area (Å²) in [5, 5.41) is 0.942. The van der Waals surface area contributed by atoms with Crippen molar-refractivity contribution >= 4 is 11.8 Å². The number of nitrogens with zero attached hydrogens (tertiary/aromatic N) is 3. The highest BCUT2D eigenvalue weighted by Crippen LogP contribution is 2.05. The van der Waals surface area contributed by atoms with Gasteiger partial charge in [0.15, 0.2) is 5.78 Å². The highest BCUT2D eigenvalue weighted by molar-refractivity contribution is 6.08. The molecule has 0 saturated carbocycles. The van der Waals surface area contributed by atoms with E-state index < -0.39 is 6.03 Å². The Bertz CT molecular complexity index is 767. The number of amides is 2. The topological polar surface area (TPSA) is 71.8 Å². The monoisotopic (exact) mass is 237 g/mol. The van der Waals surface area contributed by atoms with Crippen LogP contribution in [0.15, 0.2) is 52.7 Å². The van der Waals surface area contributed by atoms with Crippen LogP contribution in [-0.4, -0.2) is 16.8 Å². The average molecular weight is 237 g/mol. The summed E-state index contributed by atoms with van der Waals surface area (Å²) >= 11 is 0. The second-order valence-electron chi connectivity index (χ2n) is 3.78. The number of benzene rings is 1. The maximum atomic E-state index is 12.1. The first-order valence-corrected chi connectivity index (χ1v) is 5.30. The number of carbonyl (C=O) groups is 2. The Kier molecular flexibility index (Phi) is 2.30. The lowest BCUT2D eigenvalue weighted by Crippen LogP contribution is -2.22. The van der Waals surface area contributed by atoms with Crippen LogP contribution in [0.3, 0.4) is 0 Å². The molecule has 0 fully saturated rings. The maximum absolute atomic E-state index is 12.1. The molecule has 0 unspecified atom stereocenters. The molecule has 1 aromatic carbocycles. The van der Waals surface area contributed by atoms with E-state index in [0.717, 1.165) is 0 Å². The van der Waals surface area contributed by atoms with E-state index in [0.29, 0.717) is 21.8 Å². The van der Waals surface area contributed by atoms with E-state index in [4.69, 9.17) is 0 Å². The third kappa shape index (κ3) is 1.71. The molecule has 2 amide bonds. The fourth-order valence-corrected chi connectivity index (χ4v) is 1.74. The molecular weight excluding hydrogens is 230 g/mol. The van der Waals surface area contributed by atoms with E-state index in [9.17, 15) is 9.59 Å². The summed E-state index contributed by atoms with van der Waals surface area (Å²) in [7, 11) is 0. The Morgan fingerprint density at radius 3 is 2.61 bits per heavy atom. The highest BCUT2D eigenvalue weighted by atomic mass is 16.2. The number of pyridine rings is 1. The average Bonchev–Trinajstić information content (AvgIpc) is 2.78. The predicted octanol–water partition coefficient (Wildman–Crippen LogP) is 0.685. The lowest BCUT2D eigenvalue weighted by Gasteiger charge is -1.99. The molecule has 18 heavy (non-hydrogen) atoms. The second-order valence-corrected chi connectivity index (χ2v) is 3.78. The minimum absolute atomic E-state index is 0.152. The summed E-state index contributed by atoms with van der Waals surface area (Å²) in [4.78, 5) is 34.5. The van der Waals surface area contributed by atoms with Gasteiger partial charge in [-0.3, -0.25) is 9.78 Å². The standard InChI is InChI=1S/C13H7N3O2/c17-12(9-2-1-5-14-7-9)8-3-4-10-11(6-8)16-13(18)15-10/h1-7H. The van der Waals surface area contributed by atoms with Gasteiger partial charge in [0.25, 0.3) is 0 Å². The number of carbonyl (C=O) groups excluding carboxylic acids is 2. The molecule has 3 rings (SSSR count). The molecule has 0 spiro atoms. The smallest absolute Gasteiger partial charge is 0.289 e. The van der Waals surface area contributed by atoms with Gasteiger partial charge in [-0.15, -0.1) is 0 Å². The molecule has 5 nitrogen and oxygen atoms in total. The Labute approximate surface area is 102 Å². The molecule has 0 aliphatic carbocycles. The van der Waals surface area contributed by atoms with Gasteiger partial charge in [0.1, 0.15) is 0 Å². The third-order valence-electron chi connectivity index (χ3n) is 2.59. The van der Waals surface area contributed by atoms with Gasteiger partial charge >= 0.3 is 6.03 Å². The second kappa shape index (κ2) is 3.96. The molecular formula is C13H7N3O2. The minimum atomic E-state index is -0.532. The summed E-state index contributed by atoms with van der Waals surface area (Å²) < 4.78 is 0. The van der Waals surface area contributed by atoms with Gasteiger partial charge in [-0.25, -0.2) is 4.79 Å². The van der Waals surface area contributed by atoms with Crippen molar-refractivity contribution in [1.82, 2.24) is 4.98 Å². The molecule has 1 aliphatic heterocycles. The van der Waals surface area contributed by atoms with Crippen molar-refractivity contribution in [3.63, 3.8) is 0 Å². The van der Waals surface area contributed by atoms with Crippen LogP contribution in [0.2, 0.25) is 0 Å². The normalized spacial score (nSPS) is 12.6. The summed E-state index contributed by atoms with van der Waals surface area (Å²) in [6, 6.07) is 7.67. The number of hydrogen-bond donors (Lipinski definition) is 0. The first-order chi connectivity index (χ1) is 8.74. The highest BCUT2D eigenvalue weighted by Gasteiger charge is 2.11. The lowest BCUT2D eigenvalue weighted by atomic mass is 10.1. The van der Waals surface area contributed by atoms with Gasteiger partial charge in [0.05, 0.1) is 10.7 Å². The zero-order chi connectivity index (χ0) is 12.5. The minimum Gasteiger partial charge on any atom is -0.289 e. The summed E-state index contributed by atoms with van der Waals surface area (Å²) in [6.07, 6.45) is 3.11. The SMILES string of the molecule is O=C1N=c2ccc(C(=O)c3cccnc3)cc2=N1. The maximum Gasteiger partial charge on any atom is 0.368 e. The fourth-order valence-electron chi connectivity index (χ4n) is 1.74. The van der Waals surface area contributed by atoms with E-state index in [1.165, 1.54) is 6.20 Å². The van der Waals surface area contributed by atoms with Crippen LogP contribution < -0.4 is 10.7 Å². The number of ketones is 1. The fraction of sp³-hybridized carbons (Fsp3) is 0. The Morgan fingerprint density at radius 2 is 1.83 bits per heavy atom. The molecule has 5 heteroatoms. The quantitative estimate of drug-likeness (QED) is 0.721. The van der Waals surface area contributed by atoms with Crippen molar-refractivity contribution in [3.8, 4) is 0 Å². The molecule has 0 radical (unpaired) electrons. The van der Waals surface area contributed by atoms with E-state index in [1.54, 1.807) is 36.5 Å². The summed E-state index contributed by atoms with van der Waals surface area (Å²) in [5.41, 5.74) is 0.967. The van der Waals surface area contributed by atoms with E-state index in [1.807, 2.05) is 0 Å². The summed E-state index contributed by atoms with van der Waals surface area (Å²) in [6.45, 7) is 0. The molecule has 2 aromatic rings. The third-order valence-corrected chi connectivity index (χ3v) is 2.59. The van der Waals surface area contributed by atoms with Gasteiger partial charge < -0.3 is 0 Å². The zero-order valence-electron chi connectivity index (χ0n) is 9.20. The molecule has 0 N–H and O–H groups in total. The van der Waals surface area contributed by atoms with Crippen LogP contribution >= 0.6 is 0 Å². The van der Waals surface area contributed by atoms with Crippen molar-refractivity contribution in [2.45, 2.75) is 0 Å². The van der Waals surface area contributed by atoms with Gasteiger partial charge in [0, 0.05) is 23.5 Å². The zero-order valence-corrected chi connectivity index (χ0v) is 9.20. The van der Waals surface area contributed by atoms with Crippen molar-refractivity contribution in [1.29, 1.82) is 0 Å². The summed E-state index contributed by atoms with van der Waals surface area (Å²) in [5.74, 6) is -0.152. The van der Waals surface area contributed by atoms with Crippen LogP contribution in [0.25, 0.3) is 0 Å². The molecule has 0 bridgehead atoms. The van der Waals surface area contributed by atoms with Crippen LogP contribution in [0.1, 0.15) is 15.9 Å². The van der Waals surface area contributed by atoms with Crippen LogP contribution in [-0.2, 0) is 0 Å². The van der Waals surface area contributed by atoms with Crippen molar-refractivity contribution in [2.75, 3.05) is 0 Å². The van der Waals surface area contributed by atoms with Gasteiger partial charge in [-0.2, -0.15) is 9.98 Å². The van der Waals surface area contributed by atoms with E-state index >= 15 is 0 Å².